The van der Waals surface area contributed by atoms with E-state index in [4.69, 9.17) is 0 Å². The zero-order chi connectivity index (χ0) is 14.9. The van der Waals surface area contributed by atoms with Gasteiger partial charge in [-0.15, -0.1) is 0 Å². The minimum Gasteiger partial charge on any atom is -0.367 e. The van der Waals surface area contributed by atoms with Gasteiger partial charge in [-0.2, -0.15) is 0 Å². The number of carbonyl (C=O) groups excluding carboxylic acids is 1. The number of nitrogens with zero attached hydrogens (tertiary/aromatic N) is 3. The molecule has 1 spiro atoms. The summed E-state index contributed by atoms with van der Waals surface area (Å²) < 4.78 is 0. The molecule has 2 aromatic heterocycles. The molecule has 4 heteroatoms. The van der Waals surface area contributed by atoms with Crippen molar-refractivity contribution >= 4 is 11.5 Å². The Kier molecular flexibility index (Phi) is 2.21. The number of Topliss-reactive ketones (excluding diaryl/α,β-unsaturated/α-hetero) is 1. The van der Waals surface area contributed by atoms with Gasteiger partial charge in [0.1, 0.15) is 5.78 Å². The lowest BCUT2D eigenvalue weighted by Crippen LogP contribution is -2.27. The Balaban J connectivity index is 1.64. The monoisotopic (exact) mass is 291 g/mol. The van der Waals surface area contributed by atoms with Crippen LogP contribution in [0.15, 0.2) is 30.6 Å². The maximum absolute atomic E-state index is 12.0. The van der Waals surface area contributed by atoms with Crippen molar-refractivity contribution in [1.29, 1.82) is 0 Å². The topological polar surface area (TPSA) is 46.1 Å². The molecule has 0 aromatic carbocycles. The van der Waals surface area contributed by atoms with Crippen LogP contribution in [-0.4, -0.2) is 28.3 Å². The van der Waals surface area contributed by atoms with Crippen molar-refractivity contribution in [3.8, 4) is 11.3 Å². The second-order valence-corrected chi connectivity index (χ2v) is 6.81. The van der Waals surface area contributed by atoms with E-state index in [2.05, 4.69) is 27.0 Å². The van der Waals surface area contributed by atoms with Crippen LogP contribution in [0.3, 0.4) is 0 Å². The summed E-state index contributed by atoms with van der Waals surface area (Å²) in [5.41, 5.74) is 5.21. The van der Waals surface area contributed by atoms with E-state index in [1.807, 2.05) is 25.4 Å². The van der Waals surface area contributed by atoms with Gasteiger partial charge < -0.3 is 4.90 Å². The zero-order valence-corrected chi connectivity index (χ0v) is 12.5. The van der Waals surface area contributed by atoms with Crippen molar-refractivity contribution in [1.82, 2.24) is 9.97 Å². The first-order valence-corrected chi connectivity index (χ1v) is 7.91. The van der Waals surface area contributed by atoms with Gasteiger partial charge in [0, 0.05) is 53.9 Å². The molecule has 2 aromatic rings. The van der Waals surface area contributed by atoms with Crippen LogP contribution in [0.4, 0.5) is 5.69 Å². The molecule has 4 nitrogen and oxygen atoms in total. The number of aromatic nitrogens is 2. The van der Waals surface area contributed by atoms with Crippen LogP contribution in [0.1, 0.15) is 30.5 Å². The van der Waals surface area contributed by atoms with E-state index >= 15 is 0 Å². The Hall–Kier alpha value is -2.23. The van der Waals surface area contributed by atoms with Gasteiger partial charge in [0.05, 0.1) is 11.1 Å². The van der Waals surface area contributed by atoms with Crippen molar-refractivity contribution in [3.05, 3.63) is 41.9 Å². The Labute approximate surface area is 129 Å². The smallest absolute Gasteiger partial charge is 0.147 e. The molecule has 3 heterocycles. The molecule has 0 bridgehead atoms. The fourth-order valence-electron chi connectivity index (χ4n) is 3.71. The van der Waals surface area contributed by atoms with Gasteiger partial charge in [0.15, 0.2) is 0 Å². The average molecular weight is 291 g/mol. The molecule has 1 aliphatic heterocycles. The maximum atomic E-state index is 12.0. The molecule has 110 valence electrons. The molecule has 3 aliphatic rings. The SMILES string of the molecule is Cc1cc(-c2cc3c(cn2)C2(CC2=O)CN3C2CC2)ccn1. The largest absolute Gasteiger partial charge is 0.367 e. The molecule has 0 radical (unpaired) electrons. The fourth-order valence-corrected chi connectivity index (χ4v) is 3.71. The fraction of sp³-hybridized carbons (Fsp3) is 0.389. The molecule has 0 saturated heterocycles. The number of pyridine rings is 2. The van der Waals surface area contributed by atoms with E-state index in [-0.39, 0.29) is 5.41 Å². The third-order valence-corrected chi connectivity index (χ3v) is 5.20. The Morgan fingerprint density at radius 1 is 1.27 bits per heavy atom. The van der Waals surface area contributed by atoms with Crippen LogP contribution >= 0.6 is 0 Å². The normalized spacial score (nSPS) is 25.7. The molecular formula is C18H17N3O. The predicted octanol–water partition coefficient (Wildman–Crippen LogP) is 2.65. The lowest BCUT2D eigenvalue weighted by Gasteiger charge is -2.19. The quantitative estimate of drug-likeness (QED) is 0.853. The molecule has 1 unspecified atom stereocenters. The Morgan fingerprint density at radius 2 is 2.09 bits per heavy atom. The number of rotatable bonds is 2. The van der Waals surface area contributed by atoms with Gasteiger partial charge >= 0.3 is 0 Å². The van der Waals surface area contributed by atoms with Gasteiger partial charge in [-0.3, -0.25) is 14.8 Å². The van der Waals surface area contributed by atoms with Crippen LogP contribution in [0.25, 0.3) is 11.3 Å². The molecule has 2 aliphatic carbocycles. The Morgan fingerprint density at radius 3 is 2.77 bits per heavy atom. The highest BCUT2D eigenvalue weighted by Gasteiger charge is 2.62. The van der Waals surface area contributed by atoms with Gasteiger partial charge in [0.25, 0.3) is 0 Å². The molecule has 2 fully saturated rings. The minimum absolute atomic E-state index is 0.225. The number of fused-ring (bicyclic) bond motifs is 2. The summed E-state index contributed by atoms with van der Waals surface area (Å²) >= 11 is 0. The van der Waals surface area contributed by atoms with Crippen molar-refractivity contribution in [2.24, 2.45) is 0 Å². The molecule has 5 rings (SSSR count). The van der Waals surface area contributed by atoms with Crippen molar-refractivity contribution in [3.63, 3.8) is 0 Å². The van der Waals surface area contributed by atoms with Crippen molar-refractivity contribution < 1.29 is 4.79 Å². The lowest BCUT2D eigenvalue weighted by molar-refractivity contribution is -0.111. The number of carbonyl (C=O) groups is 1. The van der Waals surface area contributed by atoms with Crippen LogP contribution < -0.4 is 4.90 Å². The molecule has 2 saturated carbocycles. The second kappa shape index (κ2) is 3.94. The second-order valence-electron chi connectivity index (χ2n) is 6.81. The first kappa shape index (κ1) is 12.3. The number of aryl methyl sites for hydroxylation is 1. The lowest BCUT2D eigenvalue weighted by atomic mass is 9.99. The summed E-state index contributed by atoms with van der Waals surface area (Å²) in [4.78, 5) is 23.3. The molecule has 0 N–H and O–H groups in total. The van der Waals surface area contributed by atoms with E-state index in [1.165, 1.54) is 18.5 Å². The summed E-state index contributed by atoms with van der Waals surface area (Å²) in [6.07, 6.45) is 6.95. The van der Waals surface area contributed by atoms with Crippen LogP contribution in [0, 0.1) is 6.92 Å². The highest BCUT2D eigenvalue weighted by Crippen LogP contribution is 2.55. The van der Waals surface area contributed by atoms with E-state index in [1.54, 1.807) is 0 Å². The predicted molar refractivity (Wildman–Crippen MR) is 83.9 cm³/mol. The number of hydrogen-bond donors (Lipinski definition) is 0. The van der Waals surface area contributed by atoms with Crippen molar-refractivity contribution in [2.75, 3.05) is 11.4 Å². The average Bonchev–Trinajstić information content (AvgIpc) is 3.42. The number of ketones is 1. The van der Waals surface area contributed by atoms with E-state index in [0.717, 1.165) is 29.1 Å². The van der Waals surface area contributed by atoms with Gasteiger partial charge in [-0.1, -0.05) is 0 Å². The summed E-state index contributed by atoms with van der Waals surface area (Å²) in [5, 5.41) is 0. The summed E-state index contributed by atoms with van der Waals surface area (Å²) in [6, 6.07) is 6.85. The standard InChI is InChI=1S/C18H17N3O/c1-11-6-12(4-5-19-11)15-7-16-14(9-20-15)18(8-17(18)22)10-21(16)13-2-3-13/h4-7,9,13H,2-3,8,10H2,1H3. The highest BCUT2D eigenvalue weighted by atomic mass is 16.1. The van der Waals surface area contributed by atoms with Gasteiger partial charge in [0.2, 0.25) is 0 Å². The molecular weight excluding hydrogens is 274 g/mol. The van der Waals surface area contributed by atoms with Crippen LogP contribution in [0.5, 0.6) is 0 Å². The molecule has 22 heavy (non-hydrogen) atoms. The third kappa shape index (κ3) is 1.61. The van der Waals surface area contributed by atoms with Gasteiger partial charge in [-0.25, -0.2) is 0 Å². The summed E-state index contributed by atoms with van der Waals surface area (Å²) in [6.45, 7) is 2.86. The minimum atomic E-state index is -0.225. The summed E-state index contributed by atoms with van der Waals surface area (Å²) in [5.74, 6) is 0.381. The molecule has 0 amide bonds. The number of anilines is 1. The summed E-state index contributed by atoms with van der Waals surface area (Å²) in [7, 11) is 0. The van der Waals surface area contributed by atoms with Crippen LogP contribution in [-0.2, 0) is 10.2 Å². The van der Waals surface area contributed by atoms with Crippen LogP contribution in [0.2, 0.25) is 0 Å². The first-order chi connectivity index (χ1) is 10.7. The first-order valence-electron chi connectivity index (χ1n) is 7.91. The Bertz CT molecular complexity index is 812. The van der Waals surface area contributed by atoms with Gasteiger partial charge in [-0.05, 0) is 38.0 Å². The maximum Gasteiger partial charge on any atom is 0.147 e. The van der Waals surface area contributed by atoms with Crippen molar-refractivity contribution in [2.45, 2.75) is 37.6 Å². The van der Waals surface area contributed by atoms with E-state index < -0.39 is 0 Å². The molecule has 1 atom stereocenters. The third-order valence-electron chi connectivity index (χ3n) is 5.20. The van der Waals surface area contributed by atoms with E-state index in [0.29, 0.717) is 18.2 Å². The highest BCUT2D eigenvalue weighted by molar-refractivity contribution is 6.10. The zero-order valence-electron chi connectivity index (χ0n) is 12.5. The number of hydrogen-bond acceptors (Lipinski definition) is 4. The van der Waals surface area contributed by atoms with E-state index in [9.17, 15) is 4.79 Å².